The predicted molar refractivity (Wildman–Crippen MR) is 121 cm³/mol. The van der Waals surface area contributed by atoms with E-state index in [1.165, 1.54) is 6.20 Å². The number of sulfonamides is 1. The molecular weight excluding hydrogens is 414 g/mol. The maximum Gasteiger partial charge on any atom is 0.242 e. The molecule has 0 saturated heterocycles. The maximum atomic E-state index is 12.6. The zero-order valence-electron chi connectivity index (χ0n) is 18.2. The molecule has 2 atom stereocenters. The van der Waals surface area contributed by atoms with Crippen molar-refractivity contribution in [3.05, 3.63) is 66.4 Å². The van der Waals surface area contributed by atoms with Gasteiger partial charge in [-0.05, 0) is 43.2 Å². The topological polar surface area (TPSA) is 98.1 Å². The number of rotatable bonds is 10. The number of anilines is 1. The number of hydrogen-bond donors (Lipinski definition) is 2. The van der Waals surface area contributed by atoms with E-state index in [9.17, 15) is 8.42 Å². The molecule has 0 aliphatic carbocycles. The van der Waals surface area contributed by atoms with Crippen molar-refractivity contribution < 1.29 is 13.2 Å². The molecule has 2 unspecified atom stereocenters. The minimum absolute atomic E-state index is 0.129. The lowest BCUT2D eigenvalue weighted by Gasteiger charge is -2.20. The second-order valence-electron chi connectivity index (χ2n) is 7.44. The van der Waals surface area contributed by atoms with Gasteiger partial charge < -0.3 is 14.6 Å². The lowest BCUT2D eigenvalue weighted by molar-refractivity contribution is 0.414. The molecule has 8 nitrogen and oxygen atoms in total. The second kappa shape index (κ2) is 9.93. The molecule has 0 spiro atoms. The number of ether oxygens (including phenoxy) is 1. The molecule has 3 aromatic rings. The molecule has 2 heterocycles. The summed E-state index contributed by atoms with van der Waals surface area (Å²) in [6.45, 7) is 3.88. The fraction of sp³-hybridized carbons (Fsp3) is 0.364. The van der Waals surface area contributed by atoms with Crippen LogP contribution >= 0.6 is 0 Å². The Hall–Kier alpha value is -2.91. The van der Waals surface area contributed by atoms with Crippen molar-refractivity contribution in [2.24, 2.45) is 7.05 Å². The Balaban J connectivity index is 1.84. The van der Waals surface area contributed by atoms with Crippen LogP contribution < -0.4 is 14.8 Å². The van der Waals surface area contributed by atoms with E-state index in [1.807, 2.05) is 55.9 Å². The molecule has 0 amide bonds. The Morgan fingerprint density at radius 3 is 2.42 bits per heavy atom. The Labute approximate surface area is 183 Å². The van der Waals surface area contributed by atoms with Crippen molar-refractivity contribution in [1.82, 2.24) is 19.3 Å². The average Bonchev–Trinajstić information content (AvgIpc) is 3.18. The maximum absolute atomic E-state index is 12.6. The van der Waals surface area contributed by atoms with Crippen molar-refractivity contribution in [1.29, 1.82) is 0 Å². The van der Waals surface area contributed by atoms with Crippen molar-refractivity contribution in [2.75, 3.05) is 12.4 Å². The number of pyridine rings is 1. The molecule has 0 radical (unpaired) electrons. The van der Waals surface area contributed by atoms with E-state index in [-0.39, 0.29) is 17.0 Å². The number of aromatic nitrogens is 3. The van der Waals surface area contributed by atoms with E-state index < -0.39 is 10.0 Å². The van der Waals surface area contributed by atoms with Gasteiger partial charge in [-0.25, -0.2) is 23.1 Å². The van der Waals surface area contributed by atoms with Gasteiger partial charge in [-0.2, -0.15) is 0 Å². The minimum atomic E-state index is -3.61. The van der Waals surface area contributed by atoms with Gasteiger partial charge in [0.15, 0.2) is 0 Å². The lowest BCUT2D eigenvalue weighted by Crippen LogP contribution is -2.32. The van der Waals surface area contributed by atoms with E-state index in [4.69, 9.17) is 4.74 Å². The molecule has 166 valence electrons. The highest BCUT2D eigenvalue weighted by Crippen LogP contribution is 2.26. The normalized spacial score (nSPS) is 13.5. The van der Waals surface area contributed by atoms with Crippen LogP contribution in [0, 0.1) is 0 Å². The van der Waals surface area contributed by atoms with Gasteiger partial charge in [-0.15, -0.1) is 0 Å². The first-order chi connectivity index (χ1) is 14.8. The van der Waals surface area contributed by atoms with Gasteiger partial charge in [0.2, 0.25) is 10.0 Å². The van der Waals surface area contributed by atoms with Crippen molar-refractivity contribution >= 4 is 15.8 Å². The monoisotopic (exact) mass is 443 g/mol. The smallest absolute Gasteiger partial charge is 0.242 e. The molecule has 0 aliphatic rings. The Bertz CT molecular complexity index is 1080. The molecule has 0 aliphatic heterocycles. The van der Waals surface area contributed by atoms with E-state index in [1.54, 1.807) is 25.4 Å². The van der Waals surface area contributed by atoms with Gasteiger partial charge in [0.05, 0.1) is 7.11 Å². The van der Waals surface area contributed by atoms with Crippen LogP contribution in [0.1, 0.15) is 44.1 Å². The summed E-state index contributed by atoms with van der Waals surface area (Å²) in [6, 6.07) is 10.5. The van der Waals surface area contributed by atoms with Crippen LogP contribution in [-0.2, 0) is 17.1 Å². The van der Waals surface area contributed by atoms with E-state index in [0.29, 0.717) is 5.82 Å². The number of nitrogens with zero attached hydrogens (tertiary/aromatic N) is 3. The number of methoxy groups -OCH3 is 1. The van der Waals surface area contributed by atoms with Crippen LogP contribution in [0.4, 0.5) is 5.82 Å². The summed E-state index contributed by atoms with van der Waals surface area (Å²) in [5, 5.41) is 3.37. The Kier molecular flexibility index (Phi) is 7.29. The number of imidazole rings is 1. The summed E-state index contributed by atoms with van der Waals surface area (Å²) in [6.07, 6.45) is 6.66. The molecule has 2 N–H and O–H groups in total. The van der Waals surface area contributed by atoms with Crippen molar-refractivity contribution in [2.45, 2.75) is 43.7 Å². The SMILES string of the molecule is CCCC(C)NS(=O)(=O)c1ccc(NC(c2ccc(OC)cc2)c2nccn2C)nc1. The quantitative estimate of drug-likeness (QED) is 0.498. The van der Waals surface area contributed by atoms with Crippen LogP contribution in [-0.4, -0.2) is 36.1 Å². The third-order valence-electron chi connectivity index (χ3n) is 4.98. The van der Waals surface area contributed by atoms with E-state index in [0.717, 1.165) is 30.0 Å². The summed E-state index contributed by atoms with van der Waals surface area (Å²) in [5.74, 6) is 2.11. The summed E-state index contributed by atoms with van der Waals surface area (Å²) in [5.41, 5.74) is 0.976. The summed E-state index contributed by atoms with van der Waals surface area (Å²) in [7, 11) is -0.0581. The highest BCUT2D eigenvalue weighted by molar-refractivity contribution is 7.89. The molecule has 2 aromatic heterocycles. The third kappa shape index (κ3) is 5.62. The van der Waals surface area contributed by atoms with Gasteiger partial charge in [-0.3, -0.25) is 0 Å². The number of hydrogen-bond acceptors (Lipinski definition) is 6. The zero-order chi connectivity index (χ0) is 22.4. The van der Waals surface area contributed by atoms with E-state index in [2.05, 4.69) is 20.0 Å². The van der Waals surface area contributed by atoms with E-state index >= 15 is 0 Å². The fourth-order valence-corrected chi connectivity index (χ4v) is 4.57. The first-order valence-corrected chi connectivity index (χ1v) is 11.7. The van der Waals surface area contributed by atoms with Crippen LogP contribution in [0.5, 0.6) is 5.75 Å². The minimum Gasteiger partial charge on any atom is -0.497 e. The summed E-state index contributed by atoms with van der Waals surface area (Å²) >= 11 is 0. The van der Waals surface area contributed by atoms with Gasteiger partial charge in [-0.1, -0.05) is 25.5 Å². The van der Waals surface area contributed by atoms with Gasteiger partial charge in [0.25, 0.3) is 0 Å². The predicted octanol–water partition coefficient (Wildman–Crippen LogP) is 3.49. The lowest BCUT2D eigenvalue weighted by atomic mass is 10.1. The third-order valence-corrected chi connectivity index (χ3v) is 6.56. The molecule has 9 heteroatoms. The van der Waals surface area contributed by atoms with Crippen molar-refractivity contribution in [3.63, 3.8) is 0 Å². The first kappa shape index (κ1) is 22.8. The Morgan fingerprint density at radius 1 is 1.13 bits per heavy atom. The van der Waals surface area contributed by atoms with Crippen LogP contribution in [0.2, 0.25) is 0 Å². The number of nitrogens with one attached hydrogen (secondary N) is 2. The zero-order valence-corrected chi connectivity index (χ0v) is 19.1. The van der Waals surface area contributed by atoms with Crippen LogP contribution in [0.3, 0.4) is 0 Å². The van der Waals surface area contributed by atoms with Gasteiger partial charge >= 0.3 is 0 Å². The highest BCUT2D eigenvalue weighted by Gasteiger charge is 2.21. The summed E-state index contributed by atoms with van der Waals surface area (Å²) in [4.78, 5) is 8.96. The molecule has 0 fully saturated rings. The molecule has 0 saturated carbocycles. The van der Waals surface area contributed by atoms with Crippen molar-refractivity contribution in [3.8, 4) is 5.75 Å². The first-order valence-electron chi connectivity index (χ1n) is 10.2. The highest BCUT2D eigenvalue weighted by atomic mass is 32.2. The van der Waals surface area contributed by atoms with Gasteiger partial charge in [0.1, 0.15) is 28.3 Å². The molecule has 31 heavy (non-hydrogen) atoms. The number of benzene rings is 1. The van der Waals surface area contributed by atoms with Crippen LogP contribution in [0.15, 0.2) is 59.9 Å². The molecule has 3 rings (SSSR count). The van der Waals surface area contributed by atoms with Crippen LogP contribution in [0.25, 0.3) is 0 Å². The second-order valence-corrected chi connectivity index (χ2v) is 9.15. The summed E-state index contributed by atoms with van der Waals surface area (Å²) < 4.78 is 35.0. The Morgan fingerprint density at radius 2 is 1.87 bits per heavy atom. The fourth-order valence-electron chi connectivity index (χ4n) is 3.35. The standard InChI is InChI=1S/C22H29N5O3S/c1-5-6-16(2)26-31(28,29)19-11-12-20(24-15-19)25-21(22-23-13-14-27(22)3)17-7-9-18(30-4)10-8-17/h7-16,21,26H,5-6H2,1-4H3,(H,24,25). The number of aryl methyl sites for hydroxylation is 1. The molecule has 1 aromatic carbocycles. The van der Waals surface area contributed by atoms with Gasteiger partial charge in [0, 0.05) is 31.7 Å². The molecular formula is C22H29N5O3S. The average molecular weight is 444 g/mol. The largest absolute Gasteiger partial charge is 0.497 e. The molecule has 0 bridgehead atoms.